The first-order chi connectivity index (χ1) is 9.44. The Morgan fingerprint density at radius 2 is 1.70 bits per heavy atom. The molecule has 0 radical (unpaired) electrons. The first-order valence-corrected chi connectivity index (χ1v) is 5.76. The lowest BCUT2D eigenvalue weighted by Gasteiger charge is -2.16. The lowest BCUT2D eigenvalue weighted by Crippen LogP contribution is -2.33. The number of methoxy groups -OCH3 is 3. The lowest BCUT2D eigenvalue weighted by atomic mass is 10.0. The van der Waals surface area contributed by atoms with Gasteiger partial charge in [-0.25, -0.2) is 4.79 Å². The van der Waals surface area contributed by atoms with Gasteiger partial charge in [-0.05, 0) is 12.1 Å². The van der Waals surface area contributed by atoms with Gasteiger partial charge in [-0.1, -0.05) is 0 Å². The summed E-state index contributed by atoms with van der Waals surface area (Å²) >= 11 is 0. The maximum Gasteiger partial charge on any atom is 0.335 e. The average Bonchev–Trinajstić information content (AvgIpc) is 2.45. The Bertz CT molecular complexity index is 489. The molecule has 0 amide bonds. The zero-order valence-corrected chi connectivity index (χ0v) is 11.5. The Kier molecular flexibility index (Phi) is 5.33. The van der Waals surface area contributed by atoms with Crippen LogP contribution in [0.3, 0.4) is 0 Å². The summed E-state index contributed by atoms with van der Waals surface area (Å²) in [6.45, 7) is 0. The van der Waals surface area contributed by atoms with Gasteiger partial charge in [-0.3, -0.25) is 4.79 Å². The minimum atomic E-state index is -1.11. The topological polar surface area (TPSA) is 108 Å². The van der Waals surface area contributed by atoms with Crippen LogP contribution in [0, 0.1) is 0 Å². The molecule has 20 heavy (non-hydrogen) atoms. The SMILES string of the molecule is COC(=O)[C@@H](N)Cc1c(OC)cc(C(=O)O)cc1OC. The van der Waals surface area contributed by atoms with Crippen molar-refractivity contribution in [1.29, 1.82) is 0 Å². The highest BCUT2D eigenvalue weighted by Gasteiger charge is 2.22. The van der Waals surface area contributed by atoms with Crippen LogP contribution < -0.4 is 15.2 Å². The van der Waals surface area contributed by atoms with Crippen LogP contribution >= 0.6 is 0 Å². The number of carboxylic acid groups (broad SMARTS) is 1. The molecule has 7 nitrogen and oxygen atoms in total. The maximum absolute atomic E-state index is 11.4. The number of hydrogen-bond donors (Lipinski definition) is 2. The Labute approximate surface area is 116 Å². The maximum atomic E-state index is 11.4. The molecule has 1 atom stereocenters. The number of hydrogen-bond acceptors (Lipinski definition) is 6. The fourth-order valence-corrected chi connectivity index (χ4v) is 1.76. The molecule has 1 rings (SSSR count). The predicted octanol–water partition coefficient (Wildman–Crippen LogP) is 0.445. The van der Waals surface area contributed by atoms with E-state index in [1.54, 1.807) is 0 Å². The highest BCUT2D eigenvalue weighted by atomic mass is 16.5. The first kappa shape index (κ1) is 15.8. The van der Waals surface area contributed by atoms with Crippen LogP contribution in [0.25, 0.3) is 0 Å². The summed E-state index contributed by atoms with van der Waals surface area (Å²) < 4.78 is 14.8. The largest absolute Gasteiger partial charge is 0.496 e. The first-order valence-electron chi connectivity index (χ1n) is 5.76. The molecule has 110 valence electrons. The summed E-state index contributed by atoms with van der Waals surface area (Å²) in [4.78, 5) is 22.4. The summed E-state index contributed by atoms with van der Waals surface area (Å²) in [6.07, 6.45) is 0.110. The number of nitrogens with two attached hydrogens (primary N) is 1. The van der Waals surface area contributed by atoms with Crippen molar-refractivity contribution < 1.29 is 28.9 Å². The number of carboxylic acids is 1. The molecule has 0 spiro atoms. The minimum absolute atomic E-state index is 0.0223. The Hall–Kier alpha value is -2.28. The van der Waals surface area contributed by atoms with Gasteiger partial charge >= 0.3 is 11.9 Å². The molecule has 3 N–H and O–H groups in total. The molecular weight excluding hydrogens is 266 g/mol. The zero-order chi connectivity index (χ0) is 15.3. The molecule has 0 bridgehead atoms. The third-order valence-corrected chi connectivity index (χ3v) is 2.78. The van der Waals surface area contributed by atoms with E-state index >= 15 is 0 Å². The van der Waals surface area contributed by atoms with Crippen LogP contribution in [0.5, 0.6) is 11.5 Å². The van der Waals surface area contributed by atoms with Crippen molar-refractivity contribution in [1.82, 2.24) is 0 Å². The number of rotatable bonds is 6. The van der Waals surface area contributed by atoms with Gasteiger partial charge in [0.2, 0.25) is 0 Å². The quantitative estimate of drug-likeness (QED) is 0.729. The van der Waals surface area contributed by atoms with E-state index in [1.807, 2.05) is 0 Å². The third-order valence-electron chi connectivity index (χ3n) is 2.78. The van der Waals surface area contributed by atoms with Gasteiger partial charge in [0, 0.05) is 12.0 Å². The van der Waals surface area contributed by atoms with Crippen molar-refractivity contribution in [3.8, 4) is 11.5 Å². The van der Waals surface area contributed by atoms with E-state index < -0.39 is 18.0 Å². The van der Waals surface area contributed by atoms with Gasteiger partial charge < -0.3 is 25.1 Å². The standard InChI is InChI=1S/C13H17NO6/c1-18-10-4-7(12(15)16)5-11(19-2)8(10)6-9(14)13(17)20-3/h4-5,9H,6,14H2,1-3H3,(H,15,16)/t9-/m0/s1. The van der Waals surface area contributed by atoms with Crippen molar-refractivity contribution >= 4 is 11.9 Å². The Morgan fingerprint density at radius 1 is 1.20 bits per heavy atom. The van der Waals surface area contributed by atoms with E-state index in [9.17, 15) is 9.59 Å². The summed E-state index contributed by atoms with van der Waals surface area (Å²) in [5.74, 6) is -1.09. The van der Waals surface area contributed by atoms with Gasteiger partial charge in [-0.15, -0.1) is 0 Å². The Morgan fingerprint density at radius 3 is 2.05 bits per heavy atom. The summed E-state index contributed by atoms with van der Waals surface area (Å²) in [6, 6.07) is 1.81. The summed E-state index contributed by atoms with van der Waals surface area (Å²) in [5.41, 5.74) is 6.24. The van der Waals surface area contributed by atoms with E-state index in [4.69, 9.17) is 20.3 Å². The zero-order valence-electron chi connectivity index (χ0n) is 11.5. The van der Waals surface area contributed by atoms with Gasteiger partial charge in [0.15, 0.2) is 0 Å². The number of aromatic carboxylic acids is 1. The van der Waals surface area contributed by atoms with E-state index in [-0.39, 0.29) is 12.0 Å². The highest BCUT2D eigenvalue weighted by Crippen LogP contribution is 2.31. The van der Waals surface area contributed by atoms with Crippen LogP contribution in [-0.4, -0.2) is 44.4 Å². The molecule has 0 fully saturated rings. The van der Waals surface area contributed by atoms with E-state index in [0.717, 1.165) is 0 Å². The molecule has 0 heterocycles. The third kappa shape index (κ3) is 3.39. The molecule has 0 aliphatic carbocycles. The lowest BCUT2D eigenvalue weighted by molar-refractivity contribution is -0.142. The van der Waals surface area contributed by atoms with Crippen molar-refractivity contribution in [3.05, 3.63) is 23.3 Å². The van der Waals surface area contributed by atoms with E-state index in [0.29, 0.717) is 17.1 Å². The Balaban J connectivity index is 3.23. The summed E-state index contributed by atoms with van der Waals surface area (Å²) in [7, 11) is 4.03. The normalized spacial score (nSPS) is 11.6. The monoisotopic (exact) mass is 283 g/mol. The van der Waals surface area contributed by atoms with Crippen molar-refractivity contribution in [3.63, 3.8) is 0 Å². The van der Waals surface area contributed by atoms with Crippen LogP contribution in [0.1, 0.15) is 15.9 Å². The highest BCUT2D eigenvalue weighted by molar-refractivity contribution is 5.89. The van der Waals surface area contributed by atoms with Crippen LogP contribution in [0.15, 0.2) is 12.1 Å². The molecule has 0 aliphatic heterocycles. The second-order valence-corrected chi connectivity index (χ2v) is 4.00. The molecule has 1 aromatic rings. The molecule has 0 saturated carbocycles. The number of ether oxygens (including phenoxy) is 3. The smallest absolute Gasteiger partial charge is 0.335 e. The molecule has 7 heteroatoms. The van der Waals surface area contributed by atoms with Crippen molar-refractivity contribution in [2.45, 2.75) is 12.5 Å². The second-order valence-electron chi connectivity index (χ2n) is 4.00. The van der Waals surface area contributed by atoms with Crippen molar-refractivity contribution in [2.24, 2.45) is 5.73 Å². The molecule has 0 unspecified atom stereocenters. The van der Waals surface area contributed by atoms with E-state index in [2.05, 4.69) is 4.74 Å². The molecule has 0 aromatic heterocycles. The van der Waals surface area contributed by atoms with Crippen LogP contribution in [0.4, 0.5) is 0 Å². The van der Waals surface area contributed by atoms with Gasteiger partial charge in [0.05, 0.1) is 26.9 Å². The molecular formula is C13H17NO6. The van der Waals surface area contributed by atoms with Gasteiger partial charge in [-0.2, -0.15) is 0 Å². The van der Waals surface area contributed by atoms with E-state index in [1.165, 1.54) is 33.5 Å². The number of carbonyl (C=O) groups excluding carboxylic acids is 1. The van der Waals surface area contributed by atoms with Crippen molar-refractivity contribution in [2.75, 3.05) is 21.3 Å². The summed E-state index contributed by atoms with van der Waals surface area (Å²) in [5, 5.41) is 9.01. The predicted molar refractivity (Wildman–Crippen MR) is 70.2 cm³/mol. The second kappa shape index (κ2) is 6.76. The number of esters is 1. The minimum Gasteiger partial charge on any atom is -0.496 e. The molecule has 0 saturated heterocycles. The number of benzene rings is 1. The van der Waals surface area contributed by atoms with Crippen LogP contribution in [0.2, 0.25) is 0 Å². The van der Waals surface area contributed by atoms with Crippen LogP contribution in [-0.2, 0) is 16.0 Å². The molecule has 0 aliphatic rings. The average molecular weight is 283 g/mol. The fraction of sp³-hybridized carbons (Fsp3) is 0.385. The fourth-order valence-electron chi connectivity index (χ4n) is 1.76. The number of carbonyl (C=O) groups is 2. The van der Waals surface area contributed by atoms with Gasteiger partial charge in [0.25, 0.3) is 0 Å². The molecule has 1 aromatic carbocycles. The van der Waals surface area contributed by atoms with Gasteiger partial charge in [0.1, 0.15) is 17.5 Å².